The Bertz CT molecular complexity index is 1310. The Balaban J connectivity index is 1.56. The number of aliphatic hydroxyl groups excluding tert-OH is 1. The molecule has 212 valence electrons. The predicted octanol–water partition coefficient (Wildman–Crippen LogP) is 2.81. The monoisotopic (exact) mass is 540 g/mol. The van der Waals surface area contributed by atoms with Crippen molar-refractivity contribution >= 4 is 17.0 Å². The molecular formula is C29H40N4O6. The topological polar surface area (TPSA) is 117 Å². The quantitative estimate of drug-likeness (QED) is 0.282. The fourth-order valence-corrected chi connectivity index (χ4v) is 4.92. The number of nitrogens with zero attached hydrogens (tertiary/aromatic N) is 3. The number of carbonyl (C=O) groups is 1. The minimum absolute atomic E-state index is 0.0227. The highest BCUT2D eigenvalue weighted by Gasteiger charge is 2.25. The number of ether oxygens (including phenoxy) is 3. The van der Waals surface area contributed by atoms with Crippen LogP contribution in [0.5, 0.6) is 5.75 Å². The van der Waals surface area contributed by atoms with Gasteiger partial charge in [0, 0.05) is 56.7 Å². The van der Waals surface area contributed by atoms with Gasteiger partial charge in [0.15, 0.2) is 0 Å². The molecule has 3 heterocycles. The molecule has 0 radical (unpaired) electrons. The molecule has 0 amide bonds. The lowest BCUT2D eigenvalue weighted by Gasteiger charge is -2.24. The molecule has 1 unspecified atom stereocenters. The van der Waals surface area contributed by atoms with Crippen molar-refractivity contribution in [3.63, 3.8) is 0 Å². The number of benzene rings is 1. The van der Waals surface area contributed by atoms with Crippen LogP contribution in [-0.2, 0) is 27.9 Å². The SMILES string of the molecule is Cc1cc(-c2nc3ccc(OCCN[C@H](C(=O)OC(C)C)C(C)O)cc3n2CC2CCOCC2)cn(C)c1=O. The smallest absolute Gasteiger partial charge is 0.326 e. The van der Waals surface area contributed by atoms with Crippen molar-refractivity contribution in [1.82, 2.24) is 19.4 Å². The van der Waals surface area contributed by atoms with E-state index in [1.54, 1.807) is 32.4 Å². The maximum Gasteiger partial charge on any atom is 0.326 e. The third-order valence-corrected chi connectivity index (χ3v) is 6.95. The van der Waals surface area contributed by atoms with E-state index in [4.69, 9.17) is 19.2 Å². The van der Waals surface area contributed by atoms with Crippen molar-refractivity contribution in [2.75, 3.05) is 26.4 Å². The van der Waals surface area contributed by atoms with Crippen LogP contribution in [0.2, 0.25) is 0 Å². The number of aliphatic hydroxyl groups is 1. The molecule has 1 fully saturated rings. The molecule has 1 aliphatic rings. The summed E-state index contributed by atoms with van der Waals surface area (Å²) in [6.07, 6.45) is 2.65. The Morgan fingerprint density at radius 3 is 2.64 bits per heavy atom. The van der Waals surface area contributed by atoms with Crippen LogP contribution in [0.3, 0.4) is 0 Å². The number of esters is 1. The molecule has 39 heavy (non-hydrogen) atoms. The van der Waals surface area contributed by atoms with Gasteiger partial charge in [0.05, 0.1) is 23.2 Å². The molecule has 0 spiro atoms. The summed E-state index contributed by atoms with van der Waals surface area (Å²) < 4.78 is 20.6. The maximum atomic E-state index is 12.3. The molecule has 2 N–H and O–H groups in total. The molecule has 10 nitrogen and oxygen atoms in total. The molecule has 10 heteroatoms. The van der Waals surface area contributed by atoms with Gasteiger partial charge in [-0.15, -0.1) is 0 Å². The highest BCUT2D eigenvalue weighted by molar-refractivity contribution is 5.82. The molecule has 0 bridgehead atoms. The lowest BCUT2D eigenvalue weighted by Crippen LogP contribution is -2.47. The van der Waals surface area contributed by atoms with Gasteiger partial charge in [-0.1, -0.05) is 0 Å². The zero-order valence-electron chi connectivity index (χ0n) is 23.5. The van der Waals surface area contributed by atoms with Crippen LogP contribution in [0, 0.1) is 12.8 Å². The molecule has 1 saturated heterocycles. The number of rotatable bonds is 11. The molecule has 0 saturated carbocycles. The zero-order chi connectivity index (χ0) is 28.1. The lowest BCUT2D eigenvalue weighted by atomic mass is 10.00. The molecular weight excluding hydrogens is 500 g/mol. The Hall–Kier alpha value is -3.21. The summed E-state index contributed by atoms with van der Waals surface area (Å²) in [6.45, 7) is 9.86. The van der Waals surface area contributed by atoms with Gasteiger partial charge >= 0.3 is 5.97 Å². The fraction of sp³-hybridized carbons (Fsp3) is 0.552. The summed E-state index contributed by atoms with van der Waals surface area (Å²) in [4.78, 5) is 29.5. The van der Waals surface area contributed by atoms with Gasteiger partial charge in [-0.25, -0.2) is 4.98 Å². The highest BCUT2D eigenvalue weighted by atomic mass is 16.5. The van der Waals surface area contributed by atoms with E-state index >= 15 is 0 Å². The number of aryl methyl sites for hydroxylation is 2. The summed E-state index contributed by atoms with van der Waals surface area (Å²) in [5.41, 5.74) is 3.34. The number of nitrogens with one attached hydrogen (secondary N) is 1. The van der Waals surface area contributed by atoms with E-state index in [0.29, 0.717) is 30.4 Å². The molecule has 4 rings (SSSR count). The molecule has 3 aromatic rings. The van der Waals surface area contributed by atoms with Crippen LogP contribution >= 0.6 is 0 Å². The van der Waals surface area contributed by atoms with E-state index in [9.17, 15) is 14.7 Å². The van der Waals surface area contributed by atoms with Crippen molar-refractivity contribution in [3.05, 3.63) is 46.4 Å². The largest absolute Gasteiger partial charge is 0.492 e. The van der Waals surface area contributed by atoms with Crippen LogP contribution in [0.25, 0.3) is 22.4 Å². The summed E-state index contributed by atoms with van der Waals surface area (Å²) in [7, 11) is 1.76. The third kappa shape index (κ3) is 7.06. The molecule has 1 aromatic carbocycles. The second kappa shape index (κ2) is 12.8. The van der Waals surface area contributed by atoms with E-state index in [2.05, 4.69) is 9.88 Å². The summed E-state index contributed by atoms with van der Waals surface area (Å²) in [5.74, 6) is 1.47. The minimum Gasteiger partial charge on any atom is -0.492 e. The average Bonchev–Trinajstić information content (AvgIpc) is 3.24. The van der Waals surface area contributed by atoms with Crippen LogP contribution in [0.15, 0.2) is 35.3 Å². The van der Waals surface area contributed by atoms with E-state index in [-0.39, 0.29) is 11.7 Å². The second-order valence-electron chi connectivity index (χ2n) is 10.6. The number of hydrogen-bond acceptors (Lipinski definition) is 8. The summed E-state index contributed by atoms with van der Waals surface area (Å²) in [6, 6.07) is 6.88. The number of pyridine rings is 1. The Kier molecular flexibility index (Phi) is 9.42. The van der Waals surface area contributed by atoms with Gasteiger partial charge in [0.1, 0.15) is 24.2 Å². The maximum absolute atomic E-state index is 12.3. The van der Waals surface area contributed by atoms with Crippen LogP contribution in [-0.4, -0.2) is 69.8 Å². The van der Waals surface area contributed by atoms with E-state index < -0.39 is 18.1 Å². The van der Waals surface area contributed by atoms with Crippen molar-refractivity contribution in [3.8, 4) is 17.1 Å². The van der Waals surface area contributed by atoms with Crippen LogP contribution in [0.4, 0.5) is 0 Å². The van der Waals surface area contributed by atoms with E-state index in [1.165, 1.54) is 0 Å². The highest BCUT2D eigenvalue weighted by Crippen LogP contribution is 2.30. The molecule has 2 atom stereocenters. The van der Waals surface area contributed by atoms with Gasteiger partial charge < -0.3 is 28.5 Å². The van der Waals surface area contributed by atoms with Gasteiger partial charge in [0.25, 0.3) is 5.56 Å². The summed E-state index contributed by atoms with van der Waals surface area (Å²) >= 11 is 0. The zero-order valence-corrected chi connectivity index (χ0v) is 23.5. The van der Waals surface area contributed by atoms with Crippen LogP contribution in [0.1, 0.15) is 39.2 Å². The van der Waals surface area contributed by atoms with E-state index in [0.717, 1.165) is 55.0 Å². The molecule has 0 aliphatic carbocycles. The lowest BCUT2D eigenvalue weighted by molar-refractivity contribution is -0.152. The minimum atomic E-state index is -0.897. The number of imidazole rings is 1. The Labute approximate surface area is 228 Å². The first-order valence-electron chi connectivity index (χ1n) is 13.6. The summed E-state index contributed by atoms with van der Waals surface area (Å²) in [5, 5.41) is 13.0. The second-order valence-corrected chi connectivity index (χ2v) is 10.6. The Morgan fingerprint density at radius 2 is 1.97 bits per heavy atom. The number of hydrogen-bond donors (Lipinski definition) is 2. The molecule has 2 aromatic heterocycles. The normalized spacial score (nSPS) is 16.0. The van der Waals surface area contributed by atoms with Gasteiger partial charge in [-0.2, -0.15) is 0 Å². The number of aromatic nitrogens is 3. The predicted molar refractivity (Wildman–Crippen MR) is 149 cm³/mol. The first-order valence-corrected chi connectivity index (χ1v) is 13.6. The third-order valence-electron chi connectivity index (χ3n) is 6.95. The fourth-order valence-electron chi connectivity index (χ4n) is 4.92. The standard InChI is InChI=1S/C29H40N4O6/c1-18(2)39-29(36)26(20(4)34)30-10-13-38-23-6-7-24-25(15-23)33(16-21-8-11-37-12-9-21)27(31-24)22-14-19(3)28(35)32(5)17-22/h6-7,14-15,17-18,20-21,26,30,34H,8-13,16H2,1-5H3/t20?,26-/m0/s1. The average molecular weight is 541 g/mol. The van der Waals surface area contributed by atoms with Crippen molar-refractivity contribution in [1.29, 1.82) is 0 Å². The first-order chi connectivity index (χ1) is 18.6. The van der Waals surface area contributed by atoms with Crippen molar-refractivity contribution < 1.29 is 24.1 Å². The van der Waals surface area contributed by atoms with Gasteiger partial charge in [-0.3, -0.25) is 14.9 Å². The molecule has 1 aliphatic heterocycles. The Morgan fingerprint density at radius 1 is 1.23 bits per heavy atom. The van der Waals surface area contributed by atoms with Gasteiger partial charge in [0.2, 0.25) is 0 Å². The van der Waals surface area contributed by atoms with Crippen molar-refractivity contribution in [2.24, 2.45) is 13.0 Å². The number of fused-ring (bicyclic) bond motifs is 1. The van der Waals surface area contributed by atoms with Crippen molar-refractivity contribution in [2.45, 2.75) is 65.3 Å². The first kappa shape index (κ1) is 28.8. The van der Waals surface area contributed by atoms with Gasteiger partial charge in [-0.05, 0) is 64.7 Å². The van der Waals surface area contributed by atoms with E-state index in [1.807, 2.05) is 37.4 Å². The number of carbonyl (C=O) groups excluding carboxylic acids is 1. The van der Waals surface area contributed by atoms with Crippen LogP contribution < -0.4 is 15.6 Å².